The van der Waals surface area contributed by atoms with Crippen molar-refractivity contribution in [3.8, 4) is 0 Å². The Kier molecular flexibility index (Phi) is 8.85. The second-order valence-corrected chi connectivity index (χ2v) is 5.59. The van der Waals surface area contributed by atoms with Gasteiger partial charge < -0.3 is 23.7 Å². The summed E-state index contributed by atoms with van der Waals surface area (Å²) in [6.45, 7) is 8.71. The quantitative estimate of drug-likeness (QED) is 0.477. The van der Waals surface area contributed by atoms with E-state index < -0.39 is 48.6 Å². The fourth-order valence-electron chi connectivity index (χ4n) is 2.40. The minimum absolute atomic E-state index is 0.133. The van der Waals surface area contributed by atoms with Gasteiger partial charge in [-0.25, -0.2) is 0 Å². The number of hydrogen-bond donors (Lipinski definition) is 0. The molecule has 1 heterocycles. The van der Waals surface area contributed by atoms with Gasteiger partial charge in [0.25, 0.3) is 0 Å². The monoisotopic (exact) mass is 360 g/mol. The van der Waals surface area contributed by atoms with Crippen molar-refractivity contribution in [3.63, 3.8) is 0 Å². The van der Waals surface area contributed by atoms with Gasteiger partial charge in [-0.2, -0.15) is 0 Å². The number of hydrogen-bond acceptors (Lipinski definition) is 8. The van der Waals surface area contributed by atoms with Gasteiger partial charge in [0.15, 0.2) is 24.6 Å². The maximum Gasteiger partial charge on any atom is 0.306 e. The zero-order valence-corrected chi connectivity index (χ0v) is 15.5. The zero-order chi connectivity index (χ0) is 19.0. The Labute approximate surface area is 148 Å². The van der Waals surface area contributed by atoms with Gasteiger partial charge in [0, 0.05) is 25.9 Å². The summed E-state index contributed by atoms with van der Waals surface area (Å²) in [6.07, 6.45) is -4.00. The van der Waals surface area contributed by atoms with Crippen molar-refractivity contribution in [2.45, 2.75) is 84.6 Å². The molecule has 8 nitrogen and oxygen atoms in total. The lowest BCUT2D eigenvalue weighted by atomic mass is 9.98. The van der Waals surface area contributed by atoms with E-state index in [-0.39, 0.29) is 19.3 Å². The van der Waals surface area contributed by atoms with Crippen LogP contribution in [0.3, 0.4) is 0 Å². The van der Waals surface area contributed by atoms with Crippen LogP contribution in [0.5, 0.6) is 0 Å². The Morgan fingerprint density at radius 3 is 1.64 bits per heavy atom. The molecule has 5 unspecified atom stereocenters. The molecule has 0 bridgehead atoms. The fraction of sp³-hybridized carbons (Fsp3) is 0.824. The molecule has 144 valence electrons. The number of rotatable bonds is 8. The Balaban J connectivity index is 3.15. The van der Waals surface area contributed by atoms with Crippen LogP contribution in [0.15, 0.2) is 0 Å². The summed E-state index contributed by atoms with van der Waals surface area (Å²) in [6, 6.07) is 0. The van der Waals surface area contributed by atoms with E-state index in [2.05, 4.69) is 0 Å². The Morgan fingerprint density at radius 1 is 0.760 bits per heavy atom. The molecule has 0 aliphatic carbocycles. The molecular formula is C17H28O8. The molecule has 1 fully saturated rings. The normalized spacial score (nSPS) is 28.9. The average molecular weight is 360 g/mol. The van der Waals surface area contributed by atoms with Crippen LogP contribution in [0.2, 0.25) is 0 Å². The van der Waals surface area contributed by atoms with Crippen molar-refractivity contribution >= 4 is 17.9 Å². The van der Waals surface area contributed by atoms with Gasteiger partial charge in [-0.1, -0.05) is 20.8 Å². The molecule has 0 radical (unpaired) electrons. The molecule has 1 saturated heterocycles. The van der Waals surface area contributed by atoms with Crippen LogP contribution in [-0.2, 0) is 38.1 Å². The van der Waals surface area contributed by atoms with E-state index in [0.29, 0.717) is 6.61 Å². The standard InChI is InChI=1S/C17H28O8/c1-6-11(18)23-14-10(5)22-17(21-9-4)16(25-13(20)8-3)15(14)24-12(19)7-2/h10,14-17H,6-9H2,1-5H3. The topological polar surface area (TPSA) is 97.4 Å². The van der Waals surface area contributed by atoms with Gasteiger partial charge in [-0.15, -0.1) is 0 Å². The SMILES string of the molecule is CCOC1OC(C)C(OC(=O)CC)C(OC(=O)CC)C1OC(=O)CC. The summed E-state index contributed by atoms with van der Waals surface area (Å²) in [7, 11) is 0. The van der Waals surface area contributed by atoms with Crippen LogP contribution >= 0.6 is 0 Å². The maximum absolute atomic E-state index is 11.9. The van der Waals surface area contributed by atoms with Crippen LogP contribution in [0.1, 0.15) is 53.9 Å². The largest absolute Gasteiger partial charge is 0.455 e. The van der Waals surface area contributed by atoms with E-state index in [1.54, 1.807) is 34.6 Å². The number of carbonyl (C=O) groups excluding carboxylic acids is 3. The van der Waals surface area contributed by atoms with E-state index >= 15 is 0 Å². The second-order valence-electron chi connectivity index (χ2n) is 5.59. The molecule has 0 aromatic carbocycles. The summed E-state index contributed by atoms with van der Waals surface area (Å²) < 4.78 is 27.5. The molecule has 5 atom stereocenters. The van der Waals surface area contributed by atoms with E-state index in [4.69, 9.17) is 23.7 Å². The van der Waals surface area contributed by atoms with Crippen molar-refractivity contribution in [2.24, 2.45) is 0 Å². The van der Waals surface area contributed by atoms with Gasteiger partial charge in [0.05, 0.1) is 6.10 Å². The van der Waals surface area contributed by atoms with Gasteiger partial charge in [0.2, 0.25) is 0 Å². The molecule has 0 N–H and O–H groups in total. The second kappa shape index (κ2) is 10.4. The first-order valence-corrected chi connectivity index (χ1v) is 8.73. The Bertz CT molecular complexity index is 464. The lowest BCUT2D eigenvalue weighted by Crippen LogP contribution is -2.61. The van der Waals surface area contributed by atoms with Crippen LogP contribution < -0.4 is 0 Å². The van der Waals surface area contributed by atoms with Crippen molar-refractivity contribution in [2.75, 3.05) is 6.61 Å². The lowest BCUT2D eigenvalue weighted by molar-refractivity contribution is -0.300. The number of carbonyl (C=O) groups is 3. The summed E-state index contributed by atoms with van der Waals surface area (Å²) in [5.41, 5.74) is 0. The third-order valence-electron chi connectivity index (χ3n) is 3.73. The smallest absolute Gasteiger partial charge is 0.306 e. The minimum Gasteiger partial charge on any atom is -0.455 e. The highest BCUT2D eigenvalue weighted by Gasteiger charge is 2.51. The fourth-order valence-corrected chi connectivity index (χ4v) is 2.40. The van der Waals surface area contributed by atoms with Gasteiger partial charge >= 0.3 is 17.9 Å². The average Bonchev–Trinajstić information content (AvgIpc) is 2.60. The van der Waals surface area contributed by atoms with Gasteiger partial charge in [-0.3, -0.25) is 14.4 Å². The van der Waals surface area contributed by atoms with Crippen LogP contribution in [-0.4, -0.2) is 55.2 Å². The molecule has 1 aliphatic rings. The predicted molar refractivity (Wildman–Crippen MR) is 86.5 cm³/mol. The number of esters is 3. The van der Waals surface area contributed by atoms with E-state index in [9.17, 15) is 14.4 Å². The highest BCUT2D eigenvalue weighted by Crippen LogP contribution is 2.29. The third kappa shape index (κ3) is 5.97. The molecular weight excluding hydrogens is 332 g/mol. The molecule has 0 aromatic heterocycles. The van der Waals surface area contributed by atoms with Crippen LogP contribution in [0, 0.1) is 0 Å². The van der Waals surface area contributed by atoms with Crippen LogP contribution in [0.4, 0.5) is 0 Å². The Morgan fingerprint density at radius 2 is 1.20 bits per heavy atom. The summed E-state index contributed by atoms with van der Waals surface area (Å²) >= 11 is 0. The molecule has 25 heavy (non-hydrogen) atoms. The molecule has 1 rings (SSSR count). The first-order valence-electron chi connectivity index (χ1n) is 8.73. The molecule has 0 aromatic rings. The van der Waals surface area contributed by atoms with E-state index in [1.165, 1.54) is 0 Å². The van der Waals surface area contributed by atoms with Crippen molar-refractivity contribution in [1.29, 1.82) is 0 Å². The lowest BCUT2D eigenvalue weighted by Gasteiger charge is -2.43. The summed E-state index contributed by atoms with van der Waals surface area (Å²) in [5, 5.41) is 0. The molecule has 1 aliphatic heterocycles. The summed E-state index contributed by atoms with van der Waals surface area (Å²) in [5.74, 6) is -1.45. The Hall–Kier alpha value is -1.67. The van der Waals surface area contributed by atoms with Gasteiger partial charge in [0.1, 0.15) is 0 Å². The van der Waals surface area contributed by atoms with E-state index in [1.807, 2.05) is 0 Å². The minimum atomic E-state index is -1.02. The maximum atomic E-state index is 11.9. The first-order chi connectivity index (χ1) is 11.9. The highest BCUT2D eigenvalue weighted by atomic mass is 16.7. The van der Waals surface area contributed by atoms with Gasteiger partial charge in [-0.05, 0) is 13.8 Å². The zero-order valence-electron chi connectivity index (χ0n) is 15.5. The highest BCUT2D eigenvalue weighted by molar-refractivity contribution is 5.71. The van der Waals surface area contributed by atoms with E-state index in [0.717, 1.165) is 0 Å². The summed E-state index contributed by atoms with van der Waals surface area (Å²) in [4.78, 5) is 35.4. The van der Waals surface area contributed by atoms with Crippen molar-refractivity contribution in [1.82, 2.24) is 0 Å². The predicted octanol–water partition coefficient (Wildman–Crippen LogP) is 1.73. The molecule has 0 amide bonds. The van der Waals surface area contributed by atoms with Crippen molar-refractivity contribution < 1.29 is 38.1 Å². The molecule has 0 saturated carbocycles. The molecule has 8 heteroatoms. The number of ether oxygens (including phenoxy) is 5. The third-order valence-corrected chi connectivity index (χ3v) is 3.73. The molecule has 0 spiro atoms. The van der Waals surface area contributed by atoms with Crippen LogP contribution in [0.25, 0.3) is 0 Å². The first kappa shape index (κ1) is 21.4. The van der Waals surface area contributed by atoms with Crippen molar-refractivity contribution in [3.05, 3.63) is 0 Å².